The van der Waals surface area contributed by atoms with Crippen molar-refractivity contribution in [3.05, 3.63) is 24.4 Å². The van der Waals surface area contributed by atoms with Crippen molar-refractivity contribution in [3.63, 3.8) is 0 Å². The second-order valence-electron chi connectivity index (χ2n) is 8.05. The molecular formula is C25H49N. The summed E-state index contributed by atoms with van der Waals surface area (Å²) < 4.78 is 0. The molecule has 0 rings (SSSR count). The van der Waals surface area contributed by atoms with E-state index in [9.17, 15) is 0 Å². The Labute approximate surface area is 166 Å². The maximum atomic E-state index is 4.43. The highest BCUT2D eigenvalue weighted by atomic mass is 15.1. The van der Waals surface area contributed by atoms with Crippen molar-refractivity contribution in [1.29, 1.82) is 0 Å². The van der Waals surface area contributed by atoms with Crippen LogP contribution >= 0.6 is 0 Å². The van der Waals surface area contributed by atoms with E-state index in [1.54, 1.807) is 0 Å². The molecule has 0 aliphatic carbocycles. The van der Waals surface area contributed by atoms with Crippen molar-refractivity contribution in [3.8, 4) is 0 Å². The molecule has 0 N–H and O–H groups in total. The maximum absolute atomic E-state index is 4.43. The summed E-state index contributed by atoms with van der Waals surface area (Å²) in [5.41, 5.74) is 2.76. The molecule has 0 aliphatic heterocycles. The van der Waals surface area contributed by atoms with E-state index < -0.39 is 0 Å². The summed E-state index contributed by atoms with van der Waals surface area (Å²) in [6.45, 7) is 17.8. The van der Waals surface area contributed by atoms with E-state index in [1.807, 2.05) is 0 Å². The Morgan fingerprint density at radius 3 is 1.50 bits per heavy atom. The van der Waals surface area contributed by atoms with E-state index in [1.165, 1.54) is 108 Å². The number of nitrogens with zero attached hydrogens (tertiary/aromatic N) is 1. The zero-order chi connectivity index (χ0) is 19.5. The SMILES string of the molecule is C=C(CC)CCCC(=C)N(CCCCCCCC)CCCCCCCC. The van der Waals surface area contributed by atoms with Gasteiger partial charge in [0.05, 0.1) is 0 Å². The minimum atomic E-state index is 1.12. The molecule has 0 aromatic rings. The zero-order valence-electron chi connectivity index (χ0n) is 18.6. The third-order valence-corrected chi connectivity index (χ3v) is 5.51. The second kappa shape index (κ2) is 19.1. The molecular weight excluding hydrogens is 314 g/mol. The van der Waals surface area contributed by atoms with Crippen molar-refractivity contribution in [2.45, 2.75) is 124 Å². The molecule has 0 radical (unpaired) electrons. The standard InChI is InChI=1S/C25H49N/c1-6-9-11-13-15-17-22-26(23-18-16-14-12-10-7-2)25(5)21-19-20-24(4)8-3/h4-23H2,1-3H3. The van der Waals surface area contributed by atoms with E-state index >= 15 is 0 Å². The maximum Gasteiger partial charge on any atom is 0.0174 e. The van der Waals surface area contributed by atoms with Gasteiger partial charge in [-0.05, 0) is 38.5 Å². The molecule has 0 amide bonds. The number of allylic oxidation sites excluding steroid dienone is 2. The topological polar surface area (TPSA) is 3.24 Å². The molecule has 0 spiro atoms. The molecule has 0 aromatic carbocycles. The van der Waals surface area contributed by atoms with Crippen LogP contribution in [0, 0.1) is 0 Å². The minimum Gasteiger partial charge on any atom is -0.375 e. The van der Waals surface area contributed by atoms with Crippen LogP contribution in [-0.4, -0.2) is 18.0 Å². The summed E-state index contributed by atoms with van der Waals surface area (Å²) in [5.74, 6) is 0. The average molecular weight is 364 g/mol. The van der Waals surface area contributed by atoms with Gasteiger partial charge in [0.25, 0.3) is 0 Å². The molecule has 0 aromatic heterocycles. The van der Waals surface area contributed by atoms with Crippen LogP contribution < -0.4 is 0 Å². The van der Waals surface area contributed by atoms with Gasteiger partial charge in [-0.1, -0.05) is 104 Å². The Kier molecular flexibility index (Phi) is 18.5. The number of hydrogen-bond acceptors (Lipinski definition) is 1. The van der Waals surface area contributed by atoms with Crippen LogP contribution in [0.4, 0.5) is 0 Å². The largest absolute Gasteiger partial charge is 0.375 e. The van der Waals surface area contributed by atoms with Gasteiger partial charge in [-0.3, -0.25) is 0 Å². The van der Waals surface area contributed by atoms with Crippen LogP contribution in [0.2, 0.25) is 0 Å². The fourth-order valence-corrected chi connectivity index (χ4v) is 3.47. The normalized spacial score (nSPS) is 10.9. The van der Waals surface area contributed by atoms with Crippen molar-refractivity contribution >= 4 is 0 Å². The fourth-order valence-electron chi connectivity index (χ4n) is 3.47. The van der Waals surface area contributed by atoms with Crippen LogP contribution in [0.15, 0.2) is 24.4 Å². The predicted octanol–water partition coefficient (Wildman–Crippen LogP) is 8.66. The highest BCUT2D eigenvalue weighted by Gasteiger charge is 2.08. The van der Waals surface area contributed by atoms with Crippen LogP contribution in [-0.2, 0) is 0 Å². The summed E-state index contributed by atoms with van der Waals surface area (Å²) in [6, 6.07) is 0. The molecule has 154 valence electrons. The Hall–Kier alpha value is -0.720. The van der Waals surface area contributed by atoms with E-state index in [0.717, 1.165) is 19.3 Å². The van der Waals surface area contributed by atoms with Crippen molar-refractivity contribution in [1.82, 2.24) is 4.90 Å². The molecule has 1 heteroatoms. The molecule has 0 atom stereocenters. The predicted molar refractivity (Wildman–Crippen MR) is 121 cm³/mol. The third-order valence-electron chi connectivity index (χ3n) is 5.51. The van der Waals surface area contributed by atoms with Crippen LogP contribution in [0.25, 0.3) is 0 Å². The molecule has 0 saturated heterocycles. The first-order chi connectivity index (χ1) is 12.7. The molecule has 0 fully saturated rings. The van der Waals surface area contributed by atoms with E-state index in [2.05, 4.69) is 38.8 Å². The van der Waals surface area contributed by atoms with Gasteiger partial charge >= 0.3 is 0 Å². The monoisotopic (exact) mass is 363 g/mol. The lowest BCUT2D eigenvalue weighted by atomic mass is 10.1. The van der Waals surface area contributed by atoms with Gasteiger partial charge < -0.3 is 4.90 Å². The second-order valence-corrected chi connectivity index (χ2v) is 8.05. The molecule has 1 nitrogen and oxygen atoms in total. The summed E-state index contributed by atoms with van der Waals surface area (Å²) in [7, 11) is 0. The third kappa shape index (κ3) is 15.5. The number of rotatable bonds is 20. The zero-order valence-corrected chi connectivity index (χ0v) is 18.6. The highest BCUT2D eigenvalue weighted by Crippen LogP contribution is 2.18. The lowest BCUT2D eigenvalue weighted by molar-refractivity contribution is 0.312. The van der Waals surface area contributed by atoms with Gasteiger partial charge in [0, 0.05) is 18.8 Å². The first kappa shape index (κ1) is 25.3. The number of unbranched alkanes of at least 4 members (excludes halogenated alkanes) is 10. The Morgan fingerprint density at radius 2 is 1.04 bits per heavy atom. The van der Waals surface area contributed by atoms with E-state index in [4.69, 9.17) is 0 Å². The Bertz CT molecular complexity index is 315. The minimum absolute atomic E-state index is 1.12. The van der Waals surface area contributed by atoms with Gasteiger partial charge in [-0.2, -0.15) is 0 Å². The van der Waals surface area contributed by atoms with Crippen LogP contribution in [0.3, 0.4) is 0 Å². The summed E-state index contributed by atoms with van der Waals surface area (Å²) in [5, 5.41) is 0. The number of hydrogen-bond donors (Lipinski definition) is 0. The van der Waals surface area contributed by atoms with Gasteiger partial charge in [0.15, 0.2) is 0 Å². The van der Waals surface area contributed by atoms with E-state index in [0.29, 0.717) is 0 Å². The van der Waals surface area contributed by atoms with Crippen LogP contribution in [0.5, 0.6) is 0 Å². The molecule has 26 heavy (non-hydrogen) atoms. The van der Waals surface area contributed by atoms with Gasteiger partial charge in [-0.15, -0.1) is 0 Å². The first-order valence-corrected chi connectivity index (χ1v) is 11.7. The van der Waals surface area contributed by atoms with Crippen molar-refractivity contribution in [2.24, 2.45) is 0 Å². The quantitative estimate of drug-likeness (QED) is 0.154. The lowest BCUT2D eigenvalue weighted by Crippen LogP contribution is -2.25. The Balaban J connectivity index is 4.11. The fraction of sp³-hybridized carbons (Fsp3) is 0.840. The molecule has 0 unspecified atom stereocenters. The van der Waals surface area contributed by atoms with Gasteiger partial charge in [-0.25, -0.2) is 0 Å². The van der Waals surface area contributed by atoms with Gasteiger partial charge in [0.2, 0.25) is 0 Å². The average Bonchev–Trinajstić information content (AvgIpc) is 2.65. The summed E-state index contributed by atoms with van der Waals surface area (Å²) in [6.07, 6.45) is 21.2. The highest BCUT2D eigenvalue weighted by molar-refractivity contribution is 4.97. The van der Waals surface area contributed by atoms with Crippen LogP contribution in [0.1, 0.15) is 124 Å². The van der Waals surface area contributed by atoms with Gasteiger partial charge in [0.1, 0.15) is 0 Å². The lowest BCUT2D eigenvalue weighted by Gasteiger charge is -2.27. The molecule has 0 bridgehead atoms. The molecule has 0 saturated carbocycles. The smallest absolute Gasteiger partial charge is 0.0174 e. The Morgan fingerprint density at radius 1 is 0.577 bits per heavy atom. The molecule has 0 heterocycles. The van der Waals surface area contributed by atoms with E-state index in [-0.39, 0.29) is 0 Å². The summed E-state index contributed by atoms with van der Waals surface area (Å²) >= 11 is 0. The molecule has 0 aliphatic rings. The first-order valence-electron chi connectivity index (χ1n) is 11.7. The van der Waals surface area contributed by atoms with Crippen molar-refractivity contribution < 1.29 is 0 Å². The van der Waals surface area contributed by atoms with Crippen molar-refractivity contribution in [2.75, 3.05) is 13.1 Å². The summed E-state index contributed by atoms with van der Waals surface area (Å²) in [4.78, 5) is 2.61.